The van der Waals surface area contributed by atoms with Crippen molar-refractivity contribution in [1.82, 2.24) is 0 Å². The van der Waals surface area contributed by atoms with E-state index < -0.39 is 0 Å². The third kappa shape index (κ3) is 2.75. The summed E-state index contributed by atoms with van der Waals surface area (Å²) < 4.78 is 0. The molecule has 13 heavy (non-hydrogen) atoms. The van der Waals surface area contributed by atoms with E-state index in [1.54, 1.807) is 0 Å². The minimum absolute atomic E-state index is 0. The van der Waals surface area contributed by atoms with Crippen molar-refractivity contribution < 1.29 is 32.7 Å². The molecule has 0 bridgehead atoms. The van der Waals surface area contributed by atoms with Gasteiger partial charge < -0.3 is 0 Å². The molecule has 1 heteroatoms. The van der Waals surface area contributed by atoms with Crippen LogP contribution < -0.4 is 0 Å². The van der Waals surface area contributed by atoms with E-state index in [4.69, 9.17) is 0 Å². The van der Waals surface area contributed by atoms with Gasteiger partial charge in [0.2, 0.25) is 0 Å². The third-order valence-electron chi connectivity index (χ3n) is 1.88. The van der Waals surface area contributed by atoms with Gasteiger partial charge in [-0.3, -0.25) is 0 Å². The van der Waals surface area contributed by atoms with Gasteiger partial charge in [0, 0.05) is 32.7 Å². The van der Waals surface area contributed by atoms with Crippen LogP contribution in [0.3, 0.4) is 0 Å². The fourth-order valence-corrected chi connectivity index (χ4v) is 1.26. The molecule has 0 saturated carbocycles. The van der Waals surface area contributed by atoms with Crippen LogP contribution >= 0.6 is 0 Å². The molecule has 2 rings (SSSR count). The summed E-state index contributed by atoms with van der Waals surface area (Å²) >= 11 is 0. The van der Waals surface area contributed by atoms with Crippen LogP contribution in [0.5, 0.6) is 0 Å². The van der Waals surface area contributed by atoms with Gasteiger partial charge in [0.15, 0.2) is 0 Å². The van der Waals surface area contributed by atoms with Crippen LogP contribution in [0.25, 0.3) is 11.1 Å². The van der Waals surface area contributed by atoms with Crippen LogP contribution in [0, 0.1) is 0 Å². The van der Waals surface area contributed by atoms with Crippen molar-refractivity contribution >= 4 is 0 Å². The van der Waals surface area contributed by atoms with Gasteiger partial charge in [-0.15, -0.1) is 0 Å². The van der Waals surface area contributed by atoms with Gasteiger partial charge in [0.25, 0.3) is 0 Å². The Balaban J connectivity index is 0.000000845. The Hall–Kier alpha value is -0.456. The molecule has 0 N–H and O–H groups in total. The van der Waals surface area contributed by atoms with Gasteiger partial charge in [-0.1, -0.05) is 60.7 Å². The average molecular weight is 243 g/mol. The van der Waals surface area contributed by atoms with Crippen molar-refractivity contribution in [2.75, 3.05) is 0 Å². The van der Waals surface area contributed by atoms with Gasteiger partial charge >= 0.3 is 0 Å². The molecule has 0 fully saturated rings. The van der Waals surface area contributed by atoms with E-state index in [0.29, 0.717) is 0 Å². The van der Waals surface area contributed by atoms with Crippen LogP contribution in [0.2, 0.25) is 0 Å². The Labute approximate surface area is 104 Å². The smallest absolute Gasteiger partial charge is 0 e. The fourth-order valence-electron chi connectivity index (χ4n) is 1.26. The largest absolute Gasteiger partial charge is 0.0622 e. The molecule has 0 atom stereocenters. The van der Waals surface area contributed by atoms with E-state index in [-0.39, 0.29) is 32.7 Å². The molecule has 61 valence electrons. The molecule has 2 aromatic carbocycles. The summed E-state index contributed by atoms with van der Waals surface area (Å²) in [5.74, 6) is 0. The van der Waals surface area contributed by atoms with Crippen molar-refractivity contribution in [2.24, 2.45) is 0 Å². The van der Waals surface area contributed by atoms with Crippen molar-refractivity contribution in [2.45, 2.75) is 0 Å². The summed E-state index contributed by atoms with van der Waals surface area (Å²) in [5.41, 5.74) is 2.55. The Bertz CT molecular complexity index is 303. The fraction of sp³-hybridized carbons (Fsp3) is 0. The van der Waals surface area contributed by atoms with E-state index in [1.165, 1.54) is 11.1 Å². The second-order valence-electron chi connectivity index (χ2n) is 2.73. The molecular weight excluding hydrogens is 233 g/mol. The van der Waals surface area contributed by atoms with Crippen LogP contribution in [0.1, 0.15) is 0 Å². The van der Waals surface area contributed by atoms with Crippen molar-refractivity contribution in [3.8, 4) is 11.1 Å². The average Bonchev–Trinajstić information content (AvgIpc) is 2.21. The zero-order valence-electron chi connectivity index (χ0n) is 7.35. The topological polar surface area (TPSA) is 0 Å². The standard InChI is InChI=1S/C12H10.Y/c1-3-7-11(8-4-1)12-9-5-2-6-10-12;/h1-10H;. The van der Waals surface area contributed by atoms with Crippen LogP contribution in [0.15, 0.2) is 60.7 Å². The van der Waals surface area contributed by atoms with Crippen LogP contribution in [0.4, 0.5) is 0 Å². The Kier molecular flexibility index (Phi) is 4.34. The maximum Gasteiger partial charge on any atom is 0 e. The van der Waals surface area contributed by atoms with Gasteiger partial charge in [0.05, 0.1) is 0 Å². The maximum atomic E-state index is 2.12. The summed E-state index contributed by atoms with van der Waals surface area (Å²) in [4.78, 5) is 0. The summed E-state index contributed by atoms with van der Waals surface area (Å²) in [5, 5.41) is 0. The Morgan fingerprint density at radius 1 is 0.462 bits per heavy atom. The summed E-state index contributed by atoms with van der Waals surface area (Å²) in [7, 11) is 0. The van der Waals surface area contributed by atoms with Gasteiger partial charge in [-0.2, -0.15) is 0 Å². The molecule has 0 heterocycles. The third-order valence-corrected chi connectivity index (χ3v) is 1.88. The molecule has 0 saturated heterocycles. The second kappa shape index (κ2) is 5.31. The molecule has 1 radical (unpaired) electrons. The van der Waals surface area contributed by atoms with E-state index in [1.807, 2.05) is 12.1 Å². The zero-order chi connectivity index (χ0) is 8.23. The summed E-state index contributed by atoms with van der Waals surface area (Å²) in [6.45, 7) is 0. The Morgan fingerprint density at radius 3 is 1.08 bits per heavy atom. The van der Waals surface area contributed by atoms with Crippen molar-refractivity contribution in [3.05, 3.63) is 60.7 Å². The molecule has 0 aromatic heterocycles. The minimum Gasteiger partial charge on any atom is -0.0622 e. The predicted octanol–water partition coefficient (Wildman–Crippen LogP) is 3.35. The number of hydrogen-bond donors (Lipinski definition) is 0. The molecule has 0 unspecified atom stereocenters. The normalized spacial score (nSPS) is 8.92. The van der Waals surface area contributed by atoms with E-state index in [2.05, 4.69) is 48.5 Å². The number of benzene rings is 2. The quantitative estimate of drug-likeness (QED) is 0.720. The first-order chi connectivity index (χ1) is 5.97. The van der Waals surface area contributed by atoms with Crippen molar-refractivity contribution in [3.63, 3.8) is 0 Å². The molecule has 0 nitrogen and oxygen atoms in total. The number of hydrogen-bond acceptors (Lipinski definition) is 0. The summed E-state index contributed by atoms with van der Waals surface area (Å²) in [6.07, 6.45) is 0. The van der Waals surface area contributed by atoms with E-state index >= 15 is 0 Å². The van der Waals surface area contributed by atoms with E-state index in [0.717, 1.165) is 0 Å². The molecule has 0 amide bonds. The van der Waals surface area contributed by atoms with Crippen LogP contribution in [-0.2, 0) is 32.7 Å². The van der Waals surface area contributed by atoms with Crippen molar-refractivity contribution in [1.29, 1.82) is 0 Å². The molecule has 2 aromatic rings. The molecule has 0 aliphatic carbocycles. The van der Waals surface area contributed by atoms with Gasteiger partial charge in [-0.25, -0.2) is 0 Å². The minimum atomic E-state index is 0. The molecule has 0 spiro atoms. The second-order valence-corrected chi connectivity index (χ2v) is 2.73. The van der Waals surface area contributed by atoms with E-state index in [9.17, 15) is 0 Å². The monoisotopic (exact) mass is 243 g/mol. The first-order valence-corrected chi connectivity index (χ1v) is 4.07. The Morgan fingerprint density at radius 2 is 0.769 bits per heavy atom. The maximum absolute atomic E-state index is 2.12. The molecule has 0 aliphatic heterocycles. The molecule has 0 aliphatic rings. The SMILES string of the molecule is [Y].c1ccc(-c2ccccc2)cc1. The first kappa shape index (κ1) is 10.6. The zero-order valence-corrected chi connectivity index (χ0v) is 10.2. The predicted molar refractivity (Wildman–Crippen MR) is 51.9 cm³/mol. The van der Waals surface area contributed by atoms with Crippen LogP contribution in [-0.4, -0.2) is 0 Å². The van der Waals surface area contributed by atoms with Gasteiger partial charge in [-0.05, 0) is 11.1 Å². The number of rotatable bonds is 1. The van der Waals surface area contributed by atoms with Gasteiger partial charge in [0.1, 0.15) is 0 Å². The molecular formula is C12H10Y. The first-order valence-electron chi connectivity index (χ1n) is 4.07. The summed E-state index contributed by atoms with van der Waals surface area (Å²) in [6, 6.07) is 20.8.